The summed E-state index contributed by atoms with van der Waals surface area (Å²) in [5, 5.41) is 0. The smallest absolute Gasteiger partial charge is 0.418 e. The van der Waals surface area contributed by atoms with Gasteiger partial charge in [0, 0.05) is 0 Å². The minimum absolute atomic E-state index is 1.04. The van der Waals surface area contributed by atoms with Gasteiger partial charge in [0.1, 0.15) is 23.8 Å². The van der Waals surface area contributed by atoms with Crippen LogP contribution >= 0.6 is 22.6 Å². The summed E-state index contributed by atoms with van der Waals surface area (Å²) in [6, 6.07) is 13.4. The molecule has 0 unspecified atom stereocenters. The molecule has 3 aromatic rings. The quantitative estimate of drug-likeness (QED) is 0.138. The molecular weight excluding hydrogens is 518 g/mol. The van der Waals surface area contributed by atoms with E-state index in [9.17, 15) is 17.3 Å². The van der Waals surface area contributed by atoms with Crippen molar-refractivity contribution >= 4 is 29.8 Å². The molecule has 0 saturated heterocycles. The lowest BCUT2D eigenvalue weighted by atomic mass is 10.0. The van der Waals surface area contributed by atoms with Gasteiger partial charge in [0.15, 0.2) is 0 Å². The van der Waals surface area contributed by atoms with Crippen molar-refractivity contribution < 1.29 is 21.8 Å². The lowest BCUT2D eigenvalue weighted by molar-refractivity contribution is -0.609. The second-order valence-corrected chi connectivity index (χ2v) is 8.03. The Kier molecular flexibility index (Phi) is 9.15. The molecule has 3 rings (SSSR count). The molecule has 168 valence electrons. The zero-order valence-electron chi connectivity index (χ0n) is 18.3. The normalized spacial score (nSPS) is 11.3. The van der Waals surface area contributed by atoms with Crippen molar-refractivity contribution in [1.82, 2.24) is 4.57 Å². The number of nitrogens with zero attached hydrogens (tertiary/aromatic N) is 2. The third kappa shape index (κ3) is 6.34. The van der Waals surface area contributed by atoms with Gasteiger partial charge in [-0.25, -0.2) is 0 Å². The number of imidazole rings is 1. The van der Waals surface area contributed by atoms with Crippen molar-refractivity contribution in [3.8, 4) is 11.4 Å². The van der Waals surface area contributed by atoms with E-state index in [1.165, 1.54) is 37.5 Å². The standard InChI is InChI=1S/C23H28IN2.BF4/c1-5-17-11-9-12-18(6-2)21(17)25-15-16-26(23(25)24)22-19(7-3)13-10-14-20(22)8-4;2-1(3,4)5/h9-16H,5-8H2,1-4H3;/q+1;-1. The number of halogens is 5. The molecule has 0 saturated carbocycles. The van der Waals surface area contributed by atoms with E-state index in [4.69, 9.17) is 0 Å². The molecule has 1 heterocycles. The van der Waals surface area contributed by atoms with Crippen molar-refractivity contribution in [1.29, 1.82) is 0 Å². The van der Waals surface area contributed by atoms with E-state index in [0.717, 1.165) is 25.7 Å². The Morgan fingerprint density at radius 1 is 0.774 bits per heavy atom. The summed E-state index contributed by atoms with van der Waals surface area (Å²) in [4.78, 5) is 0. The highest BCUT2D eigenvalue weighted by atomic mass is 127. The molecule has 0 fully saturated rings. The third-order valence-electron chi connectivity index (χ3n) is 5.17. The summed E-state index contributed by atoms with van der Waals surface area (Å²) < 4.78 is 45.0. The van der Waals surface area contributed by atoms with Crippen LogP contribution in [-0.4, -0.2) is 11.8 Å². The molecule has 0 aliphatic heterocycles. The average Bonchev–Trinajstić information content (AvgIpc) is 3.11. The fraction of sp³-hybridized carbons (Fsp3) is 0.348. The molecule has 0 radical (unpaired) electrons. The molecule has 0 atom stereocenters. The maximum Gasteiger partial charge on any atom is 0.673 e. The van der Waals surface area contributed by atoms with E-state index < -0.39 is 7.25 Å². The van der Waals surface area contributed by atoms with Gasteiger partial charge in [-0.3, -0.25) is 0 Å². The highest BCUT2D eigenvalue weighted by molar-refractivity contribution is 14.1. The van der Waals surface area contributed by atoms with Crippen LogP contribution in [0.15, 0.2) is 48.8 Å². The van der Waals surface area contributed by atoms with E-state index in [-0.39, 0.29) is 0 Å². The molecule has 31 heavy (non-hydrogen) atoms. The van der Waals surface area contributed by atoms with Crippen molar-refractivity contribution in [3.63, 3.8) is 0 Å². The van der Waals surface area contributed by atoms with Crippen LogP contribution in [0.25, 0.3) is 11.4 Å². The first kappa shape index (κ1) is 25.4. The Balaban J connectivity index is 0.000000614. The minimum atomic E-state index is -6.00. The summed E-state index contributed by atoms with van der Waals surface area (Å²) in [6.07, 6.45) is 8.63. The zero-order chi connectivity index (χ0) is 23.2. The maximum atomic E-state index is 9.75. The maximum absolute atomic E-state index is 9.75. The van der Waals surface area contributed by atoms with E-state index in [1.807, 2.05) is 0 Å². The first-order valence-corrected chi connectivity index (χ1v) is 11.6. The van der Waals surface area contributed by atoms with Gasteiger partial charge in [-0.05, 0) is 47.9 Å². The van der Waals surface area contributed by atoms with Crippen LogP contribution in [0.3, 0.4) is 0 Å². The summed E-state index contributed by atoms with van der Waals surface area (Å²) in [6.45, 7) is 8.96. The molecule has 0 N–H and O–H groups in total. The molecule has 1 aromatic heterocycles. The summed E-state index contributed by atoms with van der Waals surface area (Å²) in [5.41, 5.74) is 8.34. The van der Waals surface area contributed by atoms with Crippen LogP contribution in [0, 0.1) is 3.83 Å². The van der Waals surface area contributed by atoms with Crippen molar-refractivity contribution in [2.45, 2.75) is 53.4 Å². The van der Waals surface area contributed by atoms with Crippen LogP contribution in [0.4, 0.5) is 17.3 Å². The lowest BCUT2D eigenvalue weighted by Crippen LogP contribution is -2.35. The molecule has 0 amide bonds. The minimum Gasteiger partial charge on any atom is -0.418 e. The van der Waals surface area contributed by atoms with Crippen LogP contribution in [-0.2, 0) is 25.7 Å². The van der Waals surface area contributed by atoms with E-state index in [2.05, 4.69) is 108 Å². The topological polar surface area (TPSA) is 8.81 Å². The first-order valence-electron chi connectivity index (χ1n) is 10.5. The number of benzene rings is 2. The lowest BCUT2D eigenvalue weighted by Gasteiger charge is -2.12. The highest BCUT2D eigenvalue weighted by Gasteiger charge is 2.24. The monoisotopic (exact) mass is 546 g/mol. The Morgan fingerprint density at radius 3 is 1.55 bits per heavy atom. The fourth-order valence-electron chi connectivity index (χ4n) is 3.76. The summed E-state index contributed by atoms with van der Waals surface area (Å²) in [5.74, 6) is 0. The Morgan fingerprint density at radius 2 is 1.16 bits per heavy atom. The van der Waals surface area contributed by atoms with Crippen LogP contribution < -0.4 is 4.57 Å². The SMILES string of the molecule is CCc1cccc(CC)c1-n1cc[n+](-c2c(CC)cccc2CC)c1I.F[B-](F)(F)F. The van der Waals surface area contributed by atoms with Crippen molar-refractivity contribution in [3.05, 3.63) is 74.9 Å². The Labute approximate surface area is 195 Å². The second kappa shape index (κ2) is 11.2. The molecule has 0 spiro atoms. The number of aromatic nitrogens is 2. The van der Waals surface area contributed by atoms with Gasteiger partial charge in [0.05, 0.1) is 22.6 Å². The molecule has 0 aliphatic carbocycles. The van der Waals surface area contributed by atoms with E-state index in [1.54, 1.807) is 0 Å². The molecule has 2 aromatic carbocycles. The second-order valence-electron chi connectivity index (χ2n) is 7.07. The number of aryl methyl sites for hydroxylation is 4. The summed E-state index contributed by atoms with van der Waals surface area (Å²) >= 11 is 2.50. The van der Waals surface area contributed by atoms with Gasteiger partial charge in [-0.1, -0.05) is 64.1 Å². The Bertz CT molecular complexity index is 892. The van der Waals surface area contributed by atoms with Crippen molar-refractivity contribution in [2.24, 2.45) is 0 Å². The predicted octanol–water partition coefficient (Wildman–Crippen LogP) is 6.91. The summed E-state index contributed by atoms with van der Waals surface area (Å²) in [7, 11) is -6.00. The molecule has 0 aliphatic rings. The van der Waals surface area contributed by atoms with Gasteiger partial charge in [-0.2, -0.15) is 9.13 Å². The number of hydrogen-bond donors (Lipinski definition) is 0. The van der Waals surface area contributed by atoms with E-state index in [0.29, 0.717) is 0 Å². The molecule has 2 nitrogen and oxygen atoms in total. The third-order valence-corrected chi connectivity index (χ3v) is 6.21. The van der Waals surface area contributed by atoms with Gasteiger partial charge >= 0.3 is 11.1 Å². The van der Waals surface area contributed by atoms with Crippen LogP contribution in [0.5, 0.6) is 0 Å². The largest absolute Gasteiger partial charge is 0.673 e. The fourth-order valence-corrected chi connectivity index (χ4v) is 4.56. The predicted molar refractivity (Wildman–Crippen MR) is 128 cm³/mol. The molecule has 0 bridgehead atoms. The molecule has 8 heteroatoms. The average molecular weight is 546 g/mol. The van der Waals surface area contributed by atoms with E-state index >= 15 is 0 Å². The van der Waals surface area contributed by atoms with Crippen LogP contribution in [0.1, 0.15) is 49.9 Å². The number of rotatable bonds is 6. The molecular formula is C23H28BF4IN2. The van der Waals surface area contributed by atoms with Gasteiger partial charge in [-0.15, -0.1) is 0 Å². The van der Waals surface area contributed by atoms with Gasteiger partial charge in [0.2, 0.25) is 0 Å². The first-order chi connectivity index (χ1) is 14.7. The van der Waals surface area contributed by atoms with Gasteiger partial charge in [0.25, 0.3) is 0 Å². The Hall–Kier alpha value is -1.84. The van der Waals surface area contributed by atoms with Crippen molar-refractivity contribution in [2.75, 3.05) is 0 Å². The number of hydrogen-bond acceptors (Lipinski definition) is 0. The van der Waals surface area contributed by atoms with Gasteiger partial charge < -0.3 is 17.3 Å². The number of para-hydroxylation sites is 2. The zero-order valence-corrected chi connectivity index (χ0v) is 20.5. The van der Waals surface area contributed by atoms with Crippen LogP contribution in [0.2, 0.25) is 0 Å². The highest BCUT2D eigenvalue weighted by Crippen LogP contribution is 2.25.